The molecule has 0 atom stereocenters. The van der Waals surface area contributed by atoms with Gasteiger partial charge in [0.05, 0.1) is 11.4 Å². The molecule has 2 aromatic carbocycles. The van der Waals surface area contributed by atoms with Crippen LogP contribution in [0.3, 0.4) is 0 Å². The Bertz CT molecular complexity index is 808. The summed E-state index contributed by atoms with van der Waals surface area (Å²) in [5.74, 6) is 0.424. The van der Waals surface area contributed by atoms with Crippen molar-refractivity contribution in [2.75, 3.05) is 5.23 Å². The number of benzene rings is 2. The first kappa shape index (κ1) is 13.1. The van der Waals surface area contributed by atoms with Crippen LogP contribution < -0.4 is 10.9 Å². The molecular weight excluding hydrogens is 272 g/mol. The van der Waals surface area contributed by atoms with Gasteiger partial charge in [-0.3, -0.25) is 5.21 Å². The van der Waals surface area contributed by atoms with Gasteiger partial charge in [0, 0.05) is 5.56 Å². The minimum absolute atomic E-state index is 0.0274. The van der Waals surface area contributed by atoms with Crippen LogP contribution in [-0.2, 0) is 0 Å². The van der Waals surface area contributed by atoms with Gasteiger partial charge in [-0.2, -0.15) is 5.10 Å². The molecule has 0 unspecified atom stereocenters. The van der Waals surface area contributed by atoms with E-state index in [0.717, 1.165) is 5.56 Å². The standard InChI is InChI=1S/C14H11N4O3/c19-14-16-15-13(10-5-2-1-3-6-10)17(14)11-7-4-8-12(9-11)18(20)21/h1-9,20H,(H,16,19)/q-1. The fourth-order valence-electron chi connectivity index (χ4n) is 2.07. The van der Waals surface area contributed by atoms with Crippen molar-refractivity contribution in [3.8, 4) is 17.1 Å². The highest BCUT2D eigenvalue weighted by atomic mass is 16.8. The number of aromatic amines is 1. The summed E-state index contributed by atoms with van der Waals surface area (Å²) in [6.45, 7) is 0. The van der Waals surface area contributed by atoms with E-state index in [4.69, 9.17) is 5.21 Å². The van der Waals surface area contributed by atoms with Gasteiger partial charge in [-0.15, -0.1) is 0 Å². The highest BCUT2D eigenvalue weighted by Crippen LogP contribution is 2.21. The van der Waals surface area contributed by atoms with Crippen LogP contribution in [0, 0.1) is 5.21 Å². The van der Waals surface area contributed by atoms with Crippen LogP contribution in [0.2, 0.25) is 0 Å². The third kappa shape index (κ3) is 2.42. The first-order chi connectivity index (χ1) is 10.2. The minimum atomic E-state index is -0.429. The molecule has 0 radical (unpaired) electrons. The third-order valence-electron chi connectivity index (χ3n) is 3.01. The summed E-state index contributed by atoms with van der Waals surface area (Å²) >= 11 is 0. The van der Waals surface area contributed by atoms with Crippen molar-refractivity contribution in [3.05, 3.63) is 70.3 Å². The molecule has 0 fully saturated rings. The van der Waals surface area contributed by atoms with Gasteiger partial charge in [-0.05, 0) is 18.2 Å². The van der Waals surface area contributed by atoms with E-state index in [1.165, 1.54) is 16.7 Å². The van der Waals surface area contributed by atoms with E-state index in [2.05, 4.69) is 10.2 Å². The Hall–Kier alpha value is -2.90. The molecule has 0 saturated carbocycles. The highest BCUT2D eigenvalue weighted by molar-refractivity contribution is 5.60. The Labute approximate surface area is 119 Å². The Morgan fingerprint density at radius 2 is 1.90 bits per heavy atom. The lowest BCUT2D eigenvalue weighted by Crippen LogP contribution is -2.16. The number of anilines is 1. The molecule has 1 aromatic heterocycles. The van der Waals surface area contributed by atoms with Crippen LogP contribution in [0.15, 0.2) is 59.4 Å². The molecule has 3 aromatic rings. The number of nitrogens with one attached hydrogen (secondary N) is 1. The summed E-state index contributed by atoms with van der Waals surface area (Å²) in [5.41, 5.74) is 0.783. The van der Waals surface area contributed by atoms with Crippen molar-refractivity contribution in [1.82, 2.24) is 14.8 Å². The number of nitrogens with zero attached hydrogens (tertiary/aromatic N) is 3. The maximum absolute atomic E-state index is 12.0. The summed E-state index contributed by atoms with van der Waals surface area (Å²) in [7, 11) is 0. The van der Waals surface area contributed by atoms with Crippen LogP contribution in [0.1, 0.15) is 0 Å². The van der Waals surface area contributed by atoms with E-state index in [0.29, 0.717) is 11.5 Å². The molecule has 0 amide bonds. The van der Waals surface area contributed by atoms with Crippen molar-refractivity contribution in [2.45, 2.75) is 0 Å². The van der Waals surface area contributed by atoms with Crippen molar-refractivity contribution >= 4 is 5.69 Å². The van der Waals surface area contributed by atoms with Gasteiger partial charge in [0.2, 0.25) is 0 Å². The van der Waals surface area contributed by atoms with Gasteiger partial charge in [-0.25, -0.2) is 14.5 Å². The Balaban J connectivity index is 2.18. The second kappa shape index (κ2) is 5.23. The molecule has 1 heterocycles. The minimum Gasteiger partial charge on any atom is -0.733 e. The fourth-order valence-corrected chi connectivity index (χ4v) is 2.07. The van der Waals surface area contributed by atoms with Crippen molar-refractivity contribution in [1.29, 1.82) is 0 Å². The predicted molar refractivity (Wildman–Crippen MR) is 77.3 cm³/mol. The summed E-state index contributed by atoms with van der Waals surface area (Å²) in [4.78, 5) is 12.0. The molecule has 21 heavy (non-hydrogen) atoms. The van der Waals surface area contributed by atoms with E-state index in [1.54, 1.807) is 12.1 Å². The Kier molecular flexibility index (Phi) is 3.27. The molecule has 106 valence electrons. The van der Waals surface area contributed by atoms with E-state index < -0.39 is 5.69 Å². The molecule has 0 bridgehead atoms. The van der Waals surface area contributed by atoms with Gasteiger partial charge in [0.25, 0.3) is 0 Å². The van der Waals surface area contributed by atoms with Crippen molar-refractivity contribution in [3.63, 3.8) is 0 Å². The van der Waals surface area contributed by atoms with E-state index >= 15 is 0 Å². The summed E-state index contributed by atoms with van der Waals surface area (Å²) in [6.07, 6.45) is 0. The number of rotatable bonds is 3. The Morgan fingerprint density at radius 3 is 2.62 bits per heavy atom. The molecule has 0 spiro atoms. The summed E-state index contributed by atoms with van der Waals surface area (Å²) in [5, 5.41) is 26.1. The average Bonchev–Trinajstić information content (AvgIpc) is 2.90. The first-order valence-electron chi connectivity index (χ1n) is 6.16. The van der Waals surface area contributed by atoms with E-state index in [9.17, 15) is 10.0 Å². The lowest BCUT2D eigenvalue weighted by molar-refractivity contribution is 0.296. The third-order valence-corrected chi connectivity index (χ3v) is 3.01. The van der Waals surface area contributed by atoms with Crippen LogP contribution in [-0.4, -0.2) is 20.0 Å². The van der Waals surface area contributed by atoms with Gasteiger partial charge in [-0.1, -0.05) is 36.4 Å². The first-order valence-corrected chi connectivity index (χ1v) is 6.16. The number of hydrogen-bond donors (Lipinski definition) is 2. The molecule has 3 rings (SSSR count). The average molecular weight is 283 g/mol. The zero-order chi connectivity index (χ0) is 14.8. The van der Waals surface area contributed by atoms with Crippen molar-refractivity contribution in [2.24, 2.45) is 0 Å². The lowest BCUT2D eigenvalue weighted by atomic mass is 10.2. The van der Waals surface area contributed by atoms with Gasteiger partial charge < -0.3 is 10.4 Å². The maximum atomic E-state index is 12.0. The SMILES string of the molecule is O=c1[nH]nc(-c2ccccc2)n1-c1cccc(N([O-])O)c1. The molecule has 0 aliphatic heterocycles. The predicted octanol–water partition coefficient (Wildman–Crippen LogP) is 1.92. The Morgan fingerprint density at radius 1 is 1.14 bits per heavy atom. The van der Waals surface area contributed by atoms with Crippen LogP contribution in [0.5, 0.6) is 0 Å². The fraction of sp³-hybridized carbons (Fsp3) is 0. The summed E-state index contributed by atoms with van der Waals surface area (Å²) in [6, 6.07) is 15.2. The van der Waals surface area contributed by atoms with Crippen LogP contribution >= 0.6 is 0 Å². The van der Waals surface area contributed by atoms with Gasteiger partial charge in [0.1, 0.15) is 0 Å². The summed E-state index contributed by atoms with van der Waals surface area (Å²) < 4.78 is 1.34. The normalized spacial score (nSPS) is 10.6. The van der Waals surface area contributed by atoms with E-state index in [-0.39, 0.29) is 10.9 Å². The number of aromatic nitrogens is 3. The molecule has 0 saturated heterocycles. The second-order valence-corrected chi connectivity index (χ2v) is 4.35. The van der Waals surface area contributed by atoms with Crippen LogP contribution in [0.4, 0.5) is 5.69 Å². The second-order valence-electron chi connectivity index (χ2n) is 4.35. The van der Waals surface area contributed by atoms with Gasteiger partial charge in [0.15, 0.2) is 5.82 Å². The monoisotopic (exact) mass is 283 g/mol. The smallest absolute Gasteiger partial charge is 0.348 e. The van der Waals surface area contributed by atoms with Crippen LogP contribution in [0.25, 0.3) is 17.1 Å². The molecule has 2 N–H and O–H groups in total. The topological polar surface area (TPSA) is 97.2 Å². The molecule has 0 aliphatic rings. The van der Waals surface area contributed by atoms with Crippen molar-refractivity contribution < 1.29 is 5.21 Å². The quantitative estimate of drug-likeness (QED) is 0.716. The maximum Gasteiger partial charge on any atom is 0.348 e. The van der Waals surface area contributed by atoms with Gasteiger partial charge >= 0.3 is 5.69 Å². The zero-order valence-electron chi connectivity index (χ0n) is 10.8. The van der Waals surface area contributed by atoms with E-state index in [1.807, 2.05) is 30.3 Å². The molecule has 0 aliphatic carbocycles. The number of hydrogen-bond acceptors (Lipinski definition) is 5. The highest BCUT2D eigenvalue weighted by Gasteiger charge is 2.12. The number of H-pyrrole nitrogens is 1. The molecular formula is C14H11N4O3-. The molecule has 7 heteroatoms. The molecule has 7 nitrogen and oxygen atoms in total. The largest absolute Gasteiger partial charge is 0.733 e. The zero-order valence-corrected chi connectivity index (χ0v) is 10.8. The lowest BCUT2D eigenvalue weighted by Gasteiger charge is -2.22.